The van der Waals surface area contributed by atoms with Crippen LogP contribution in [-0.4, -0.2) is 27.3 Å². The van der Waals surface area contributed by atoms with Gasteiger partial charge in [0, 0.05) is 17.5 Å². The number of carbonyl (C=O) groups is 1. The summed E-state index contributed by atoms with van der Waals surface area (Å²) in [5.41, 5.74) is 5.06. The molecule has 0 unspecified atom stereocenters. The van der Waals surface area contributed by atoms with Crippen molar-refractivity contribution in [3.63, 3.8) is 0 Å². The average Bonchev–Trinajstić information content (AvgIpc) is 3.35. The Kier molecular flexibility index (Phi) is 14.2. The van der Waals surface area contributed by atoms with E-state index in [1.165, 1.54) is 18.4 Å². The van der Waals surface area contributed by atoms with Gasteiger partial charge in [-0.3, -0.25) is 4.79 Å². The van der Waals surface area contributed by atoms with Crippen molar-refractivity contribution in [3.8, 4) is 28.6 Å². The summed E-state index contributed by atoms with van der Waals surface area (Å²) in [6, 6.07) is 11.9. The molecule has 0 aliphatic heterocycles. The number of carboxylic acids is 1. The first-order valence-electron chi connectivity index (χ1n) is 13.2. The van der Waals surface area contributed by atoms with Gasteiger partial charge in [0.05, 0.1) is 6.10 Å². The van der Waals surface area contributed by atoms with Crippen LogP contribution in [0.15, 0.2) is 40.9 Å². The molecule has 0 spiro atoms. The third-order valence-electron chi connectivity index (χ3n) is 5.48. The highest BCUT2D eigenvalue weighted by Gasteiger charge is 2.15. The number of aryl methyl sites for hydroxylation is 2. The van der Waals surface area contributed by atoms with Crippen molar-refractivity contribution in [2.75, 3.05) is 0 Å². The lowest BCUT2D eigenvalue weighted by Crippen LogP contribution is -2.06. The van der Waals surface area contributed by atoms with Crippen LogP contribution in [0.3, 0.4) is 0 Å². The lowest BCUT2D eigenvalue weighted by atomic mass is 9.97. The van der Waals surface area contributed by atoms with E-state index in [-0.39, 0.29) is 12.5 Å². The van der Waals surface area contributed by atoms with Crippen molar-refractivity contribution in [2.45, 2.75) is 100 Å². The van der Waals surface area contributed by atoms with Gasteiger partial charge in [-0.1, -0.05) is 63.9 Å². The molecule has 1 N–H and O–H groups in total. The Bertz CT molecular complexity index is 1050. The molecule has 0 radical (unpaired) electrons. The predicted molar refractivity (Wildman–Crippen MR) is 148 cm³/mol. The maximum Gasteiger partial charge on any atom is 0.303 e. The number of carboxylic acid groups (broad SMARTS) is 1. The molecule has 0 saturated carbocycles. The molecule has 0 aliphatic carbocycles. The van der Waals surface area contributed by atoms with Crippen molar-refractivity contribution in [3.05, 3.63) is 53.1 Å². The molecule has 0 fully saturated rings. The number of hydrogen-bond donors (Lipinski definition) is 1. The summed E-state index contributed by atoms with van der Waals surface area (Å²) in [5, 5.41) is 13.0. The molecule has 0 atom stereocenters. The van der Waals surface area contributed by atoms with E-state index in [1.807, 2.05) is 71.9 Å². The highest BCUT2D eigenvalue weighted by atomic mass is 16.5. The Morgan fingerprint density at radius 2 is 1.75 bits per heavy atom. The summed E-state index contributed by atoms with van der Waals surface area (Å²) in [5.74, 6) is 1.12. The zero-order chi connectivity index (χ0) is 27.1. The first-order valence-corrected chi connectivity index (χ1v) is 13.2. The van der Waals surface area contributed by atoms with Gasteiger partial charge < -0.3 is 14.4 Å². The molecule has 3 rings (SSSR count). The predicted octanol–water partition coefficient (Wildman–Crippen LogP) is 8.44. The van der Waals surface area contributed by atoms with Gasteiger partial charge in [-0.2, -0.15) is 4.98 Å². The van der Waals surface area contributed by atoms with Crippen molar-refractivity contribution >= 4 is 5.97 Å². The molecule has 6 nitrogen and oxygen atoms in total. The van der Waals surface area contributed by atoms with Crippen LogP contribution < -0.4 is 4.74 Å². The van der Waals surface area contributed by atoms with E-state index in [1.54, 1.807) is 0 Å². The molecule has 0 saturated heterocycles. The number of benzene rings is 2. The van der Waals surface area contributed by atoms with Gasteiger partial charge in [-0.25, -0.2) is 0 Å². The Morgan fingerprint density at radius 1 is 1.06 bits per heavy atom. The van der Waals surface area contributed by atoms with Gasteiger partial charge in [0.15, 0.2) is 0 Å². The van der Waals surface area contributed by atoms with Gasteiger partial charge in [-0.05, 0) is 81.8 Å². The van der Waals surface area contributed by atoms with E-state index in [4.69, 9.17) is 14.4 Å². The van der Waals surface area contributed by atoms with E-state index in [0.717, 1.165) is 40.8 Å². The molecule has 3 aromatic rings. The van der Waals surface area contributed by atoms with Crippen LogP contribution in [0.4, 0.5) is 0 Å². The molecule has 1 aromatic heterocycles. The molecule has 198 valence electrons. The summed E-state index contributed by atoms with van der Waals surface area (Å²) in [4.78, 5) is 15.3. The lowest BCUT2D eigenvalue weighted by molar-refractivity contribution is -0.137. The molecule has 6 heteroatoms. The van der Waals surface area contributed by atoms with Crippen molar-refractivity contribution in [2.24, 2.45) is 0 Å². The monoisotopic (exact) mass is 496 g/mol. The third-order valence-corrected chi connectivity index (χ3v) is 5.48. The first-order chi connectivity index (χ1) is 17.3. The fourth-order valence-electron chi connectivity index (χ4n) is 3.41. The van der Waals surface area contributed by atoms with Crippen LogP contribution in [0.25, 0.3) is 22.8 Å². The molecule has 0 bridgehead atoms. The highest BCUT2D eigenvalue weighted by molar-refractivity contribution is 5.66. The maximum absolute atomic E-state index is 10.7. The molecule has 0 amide bonds. The number of rotatable bonds is 10. The molecular weight excluding hydrogens is 452 g/mol. The fraction of sp³-hybridized carbons (Fsp3) is 0.500. The van der Waals surface area contributed by atoms with E-state index >= 15 is 0 Å². The van der Waals surface area contributed by atoms with Gasteiger partial charge in [-0.15, -0.1) is 0 Å². The number of aromatic nitrogens is 2. The third kappa shape index (κ3) is 9.84. The van der Waals surface area contributed by atoms with Crippen molar-refractivity contribution < 1.29 is 19.2 Å². The van der Waals surface area contributed by atoms with Crippen LogP contribution in [-0.2, 0) is 11.2 Å². The van der Waals surface area contributed by atoms with Crippen LogP contribution in [0.5, 0.6) is 5.75 Å². The van der Waals surface area contributed by atoms with Gasteiger partial charge in [0.25, 0.3) is 5.89 Å². The summed E-state index contributed by atoms with van der Waals surface area (Å²) in [7, 11) is 0. The molecule has 1 heterocycles. The number of ether oxygens (including phenoxy) is 1. The highest BCUT2D eigenvalue weighted by Crippen LogP contribution is 2.29. The second-order valence-corrected chi connectivity index (χ2v) is 8.76. The Balaban J connectivity index is 0.000000982. The van der Waals surface area contributed by atoms with Gasteiger partial charge in [0.1, 0.15) is 5.75 Å². The second kappa shape index (κ2) is 16.5. The number of hydrogen-bond acceptors (Lipinski definition) is 5. The van der Waals surface area contributed by atoms with E-state index in [2.05, 4.69) is 30.1 Å². The average molecular weight is 497 g/mol. The minimum Gasteiger partial charge on any atom is -0.491 e. The van der Waals surface area contributed by atoms with Gasteiger partial charge in [0.2, 0.25) is 5.82 Å². The molecule has 2 aromatic carbocycles. The summed E-state index contributed by atoms with van der Waals surface area (Å²) >= 11 is 0. The normalized spacial score (nSPS) is 10.2. The van der Waals surface area contributed by atoms with Crippen molar-refractivity contribution in [1.29, 1.82) is 0 Å². The number of nitrogens with zero attached hydrogens (tertiary/aromatic N) is 2. The SMILES string of the molecule is CC.CCCC.Cc1cc(-c2nc(-c3cccc(CCCCC(=O)O)c3C)no2)ccc1OC(C)C. The Hall–Kier alpha value is -3.15. The summed E-state index contributed by atoms with van der Waals surface area (Å²) < 4.78 is 11.3. The van der Waals surface area contributed by atoms with Crippen molar-refractivity contribution in [1.82, 2.24) is 10.1 Å². The minimum absolute atomic E-state index is 0.115. The summed E-state index contributed by atoms with van der Waals surface area (Å²) in [6.45, 7) is 16.4. The molecular formula is C30H44N2O4. The summed E-state index contributed by atoms with van der Waals surface area (Å²) in [6.07, 6.45) is 5.28. The van der Waals surface area contributed by atoms with Crippen LogP contribution >= 0.6 is 0 Å². The van der Waals surface area contributed by atoms with Crippen LogP contribution in [0.1, 0.15) is 90.3 Å². The van der Waals surface area contributed by atoms with Crippen LogP contribution in [0.2, 0.25) is 0 Å². The maximum atomic E-state index is 10.7. The van der Waals surface area contributed by atoms with E-state index in [0.29, 0.717) is 18.1 Å². The zero-order valence-electron chi connectivity index (χ0n) is 23.4. The van der Waals surface area contributed by atoms with Crippen LogP contribution in [0, 0.1) is 13.8 Å². The molecule has 0 aliphatic rings. The number of aliphatic carboxylic acids is 1. The number of unbranched alkanes of at least 4 members (excludes halogenated alkanes) is 2. The van der Waals surface area contributed by atoms with Gasteiger partial charge >= 0.3 is 5.97 Å². The molecule has 36 heavy (non-hydrogen) atoms. The Morgan fingerprint density at radius 3 is 2.33 bits per heavy atom. The van der Waals surface area contributed by atoms with E-state index in [9.17, 15) is 4.79 Å². The largest absolute Gasteiger partial charge is 0.491 e. The first kappa shape index (κ1) is 30.9. The lowest BCUT2D eigenvalue weighted by Gasteiger charge is -2.12. The van der Waals surface area contributed by atoms with E-state index < -0.39 is 5.97 Å². The standard InChI is InChI=1S/C24H28N2O4.C4H10.C2H6/c1-15(2)29-21-13-12-19(14-16(21)3)24-25-23(26-30-24)20-10-7-9-18(17(20)4)8-5-6-11-22(27)28;1-3-4-2;1-2/h7,9-10,12-15H,5-6,8,11H2,1-4H3,(H,27,28);3-4H2,1-2H3;1-2H3. The Labute approximate surface area is 217 Å². The second-order valence-electron chi connectivity index (χ2n) is 8.76. The quantitative estimate of drug-likeness (QED) is 0.283. The smallest absolute Gasteiger partial charge is 0.303 e. The minimum atomic E-state index is -0.751. The topological polar surface area (TPSA) is 85.5 Å². The zero-order valence-corrected chi connectivity index (χ0v) is 23.4. The fourth-order valence-corrected chi connectivity index (χ4v) is 3.41.